The van der Waals surface area contributed by atoms with Crippen molar-refractivity contribution in [1.29, 1.82) is 0 Å². The largest absolute Gasteiger partial charge is 0.299 e. The molecule has 0 aromatic heterocycles. The van der Waals surface area contributed by atoms with Crippen molar-refractivity contribution in [1.82, 2.24) is 5.32 Å². The van der Waals surface area contributed by atoms with Crippen LogP contribution in [-0.2, 0) is 0 Å². The van der Waals surface area contributed by atoms with E-state index in [0.717, 1.165) is 5.75 Å². The van der Waals surface area contributed by atoms with Gasteiger partial charge in [-0.3, -0.25) is 5.32 Å². The van der Waals surface area contributed by atoms with Gasteiger partial charge in [-0.15, -0.1) is 6.42 Å². The van der Waals surface area contributed by atoms with Crippen molar-refractivity contribution in [2.45, 2.75) is 6.04 Å². The molecule has 14 heavy (non-hydrogen) atoms. The Morgan fingerprint density at radius 2 is 2.14 bits per heavy atom. The van der Waals surface area contributed by atoms with Gasteiger partial charge in [0.25, 0.3) is 0 Å². The van der Waals surface area contributed by atoms with Crippen LogP contribution in [0, 0.1) is 12.3 Å². The number of thioether (sulfide) groups is 1. The molecule has 0 heterocycles. The first kappa shape index (κ1) is 11.2. The minimum atomic E-state index is 0.363. The maximum absolute atomic E-state index is 5.23. The van der Waals surface area contributed by atoms with E-state index >= 15 is 0 Å². The smallest absolute Gasteiger partial charge is 0.0578 e. The van der Waals surface area contributed by atoms with Gasteiger partial charge < -0.3 is 0 Å². The molecule has 1 nitrogen and oxygen atoms in total. The van der Waals surface area contributed by atoms with Crippen molar-refractivity contribution in [2.24, 2.45) is 0 Å². The highest BCUT2D eigenvalue weighted by Gasteiger charge is 2.07. The first-order valence-electron chi connectivity index (χ1n) is 4.59. The first-order chi connectivity index (χ1) is 6.88. The lowest BCUT2D eigenvalue weighted by Crippen LogP contribution is -2.23. The van der Waals surface area contributed by atoms with Crippen LogP contribution in [0.1, 0.15) is 11.6 Å². The topological polar surface area (TPSA) is 12.0 Å². The Morgan fingerprint density at radius 3 is 2.71 bits per heavy atom. The van der Waals surface area contributed by atoms with E-state index in [2.05, 4.69) is 41.8 Å². The average Bonchev–Trinajstić information content (AvgIpc) is 2.25. The minimum Gasteiger partial charge on any atom is -0.299 e. The molecule has 1 N–H and O–H groups in total. The van der Waals surface area contributed by atoms with Crippen molar-refractivity contribution < 1.29 is 0 Å². The summed E-state index contributed by atoms with van der Waals surface area (Å²) in [5, 5.41) is 3.33. The summed E-state index contributed by atoms with van der Waals surface area (Å²) in [6.45, 7) is 0.625. The molecule has 0 fully saturated rings. The predicted molar refractivity (Wildman–Crippen MR) is 64.4 cm³/mol. The summed E-state index contributed by atoms with van der Waals surface area (Å²) >= 11 is 1.82. The standard InChI is InChI=1S/C12H15NS/c1-3-9-13-12(10-14-2)11-7-5-4-6-8-11/h1,4-8,12-13H,9-10H2,2H3. The number of hydrogen-bond acceptors (Lipinski definition) is 2. The highest BCUT2D eigenvalue weighted by Crippen LogP contribution is 2.16. The number of terminal acetylenes is 1. The molecule has 1 atom stereocenters. The molecule has 74 valence electrons. The Hall–Kier alpha value is -0.910. The molecule has 0 aliphatic carbocycles. The molecule has 0 saturated heterocycles. The second-order valence-corrected chi connectivity index (χ2v) is 3.91. The molecule has 0 aliphatic heterocycles. The third-order valence-electron chi connectivity index (χ3n) is 1.99. The van der Waals surface area contributed by atoms with Crippen molar-refractivity contribution in [2.75, 3.05) is 18.6 Å². The zero-order chi connectivity index (χ0) is 10.2. The molecule has 0 spiro atoms. The highest BCUT2D eigenvalue weighted by atomic mass is 32.2. The molecule has 1 rings (SSSR count). The fourth-order valence-corrected chi connectivity index (χ4v) is 1.95. The molecule has 0 bridgehead atoms. The Bertz CT molecular complexity index is 289. The molecule has 1 aromatic rings. The van der Waals surface area contributed by atoms with E-state index in [-0.39, 0.29) is 0 Å². The van der Waals surface area contributed by atoms with E-state index < -0.39 is 0 Å². The highest BCUT2D eigenvalue weighted by molar-refractivity contribution is 7.98. The second-order valence-electron chi connectivity index (χ2n) is 3.00. The fraction of sp³-hybridized carbons (Fsp3) is 0.333. The van der Waals surface area contributed by atoms with E-state index in [0.29, 0.717) is 12.6 Å². The summed E-state index contributed by atoms with van der Waals surface area (Å²) in [7, 11) is 0. The van der Waals surface area contributed by atoms with Gasteiger partial charge in [0.2, 0.25) is 0 Å². The molecule has 0 saturated carbocycles. The van der Waals surface area contributed by atoms with Gasteiger partial charge in [0.1, 0.15) is 0 Å². The van der Waals surface area contributed by atoms with Crippen LogP contribution in [0.25, 0.3) is 0 Å². The Morgan fingerprint density at radius 1 is 1.43 bits per heavy atom. The maximum Gasteiger partial charge on any atom is 0.0578 e. The summed E-state index contributed by atoms with van der Waals surface area (Å²) < 4.78 is 0. The van der Waals surface area contributed by atoms with E-state index in [1.807, 2.05) is 17.8 Å². The van der Waals surface area contributed by atoms with Gasteiger partial charge in [0, 0.05) is 11.8 Å². The third kappa shape index (κ3) is 3.45. The summed E-state index contributed by atoms with van der Waals surface area (Å²) in [5.74, 6) is 3.65. The average molecular weight is 205 g/mol. The van der Waals surface area contributed by atoms with Crippen molar-refractivity contribution in [3.63, 3.8) is 0 Å². The van der Waals surface area contributed by atoms with Gasteiger partial charge in [-0.2, -0.15) is 11.8 Å². The normalized spacial score (nSPS) is 12.0. The summed E-state index contributed by atoms with van der Waals surface area (Å²) in [4.78, 5) is 0. The van der Waals surface area contributed by atoms with Crippen LogP contribution < -0.4 is 5.32 Å². The summed E-state index contributed by atoms with van der Waals surface area (Å²) in [6, 6.07) is 10.8. The second kappa shape index (κ2) is 6.53. The van der Waals surface area contributed by atoms with E-state index in [4.69, 9.17) is 6.42 Å². The molecule has 0 radical (unpaired) electrons. The van der Waals surface area contributed by atoms with Gasteiger partial charge in [0.05, 0.1) is 6.54 Å². The Labute approximate surface area is 90.3 Å². The van der Waals surface area contributed by atoms with Crippen LogP contribution in [-0.4, -0.2) is 18.6 Å². The SMILES string of the molecule is C#CCNC(CSC)c1ccccc1. The van der Waals surface area contributed by atoms with E-state index in [9.17, 15) is 0 Å². The van der Waals surface area contributed by atoms with Crippen molar-refractivity contribution in [3.8, 4) is 12.3 Å². The monoisotopic (exact) mass is 205 g/mol. The molecular weight excluding hydrogens is 190 g/mol. The van der Waals surface area contributed by atoms with Crippen LogP contribution in [0.4, 0.5) is 0 Å². The zero-order valence-corrected chi connectivity index (χ0v) is 9.18. The van der Waals surface area contributed by atoms with Crippen LogP contribution in [0.3, 0.4) is 0 Å². The molecule has 1 aromatic carbocycles. The van der Waals surface area contributed by atoms with Gasteiger partial charge in [-0.1, -0.05) is 36.3 Å². The number of hydrogen-bond donors (Lipinski definition) is 1. The molecule has 0 amide bonds. The lowest BCUT2D eigenvalue weighted by molar-refractivity contribution is 0.632. The number of benzene rings is 1. The van der Waals surface area contributed by atoms with Gasteiger partial charge in [-0.05, 0) is 11.8 Å². The van der Waals surface area contributed by atoms with Crippen LogP contribution in [0.15, 0.2) is 30.3 Å². The third-order valence-corrected chi connectivity index (χ3v) is 2.65. The lowest BCUT2D eigenvalue weighted by atomic mass is 10.1. The Kier molecular flexibility index (Phi) is 5.21. The van der Waals surface area contributed by atoms with E-state index in [1.165, 1.54) is 5.56 Å². The number of nitrogens with one attached hydrogen (secondary N) is 1. The van der Waals surface area contributed by atoms with Crippen LogP contribution in [0.2, 0.25) is 0 Å². The molecule has 2 heteroatoms. The lowest BCUT2D eigenvalue weighted by Gasteiger charge is -2.16. The summed E-state index contributed by atoms with van der Waals surface area (Å²) in [6.07, 6.45) is 7.34. The molecular formula is C12H15NS. The molecule has 1 unspecified atom stereocenters. The quantitative estimate of drug-likeness (QED) is 0.740. The minimum absolute atomic E-state index is 0.363. The van der Waals surface area contributed by atoms with Gasteiger partial charge >= 0.3 is 0 Å². The Balaban J connectivity index is 2.63. The molecule has 0 aliphatic rings. The zero-order valence-electron chi connectivity index (χ0n) is 8.36. The van der Waals surface area contributed by atoms with Crippen molar-refractivity contribution >= 4 is 11.8 Å². The van der Waals surface area contributed by atoms with Gasteiger partial charge in [0.15, 0.2) is 0 Å². The predicted octanol–water partition coefficient (Wildman–Crippen LogP) is 2.31. The fourth-order valence-electron chi connectivity index (χ4n) is 1.31. The van der Waals surface area contributed by atoms with Crippen molar-refractivity contribution in [3.05, 3.63) is 35.9 Å². The van der Waals surface area contributed by atoms with Crippen LogP contribution >= 0.6 is 11.8 Å². The van der Waals surface area contributed by atoms with Gasteiger partial charge in [-0.25, -0.2) is 0 Å². The van der Waals surface area contributed by atoms with E-state index in [1.54, 1.807) is 0 Å². The van der Waals surface area contributed by atoms with Crippen LogP contribution in [0.5, 0.6) is 0 Å². The maximum atomic E-state index is 5.23. The first-order valence-corrected chi connectivity index (χ1v) is 5.98. The summed E-state index contributed by atoms with van der Waals surface area (Å²) in [5.41, 5.74) is 1.30. The number of rotatable bonds is 5.